The molecule has 0 spiro atoms. The number of nitrogens with one attached hydrogen (secondary N) is 2. The van der Waals surface area contributed by atoms with Crippen LogP contribution in [0.3, 0.4) is 0 Å². The van der Waals surface area contributed by atoms with Gasteiger partial charge in [-0.05, 0) is 17.7 Å². The van der Waals surface area contributed by atoms with Crippen LogP contribution >= 0.6 is 0 Å². The normalized spacial score (nSPS) is 18.8. The monoisotopic (exact) mass is 434 g/mol. The van der Waals surface area contributed by atoms with Crippen LogP contribution in [0.1, 0.15) is 39.5 Å². The van der Waals surface area contributed by atoms with Crippen molar-refractivity contribution in [3.8, 4) is 0 Å². The molecule has 33 heavy (non-hydrogen) atoms. The van der Waals surface area contributed by atoms with E-state index in [1.165, 1.54) is 0 Å². The number of Topliss-reactive ketones (excluding diaryl/α,β-unsaturated/α-hetero) is 1. The standard InChI is InChI=1S/C28H23N3O2/c32-27(21-14-6-2-7-15-21)25-23-18-10-11-19-31(23)26(24(25)20-12-4-1-5-13-20)28(33)30-29-22-16-8-3-9-17-22/h1-19,24-26,29H/p+1. The summed E-state index contributed by atoms with van der Waals surface area (Å²) in [6, 6.07) is 33.8. The number of carbonyl (C=O) groups is 2. The average molecular weight is 435 g/mol. The summed E-state index contributed by atoms with van der Waals surface area (Å²) < 4.78 is 1.94. The third-order valence-corrected chi connectivity index (χ3v) is 6.14. The highest BCUT2D eigenvalue weighted by Gasteiger charge is 2.55. The lowest BCUT2D eigenvalue weighted by atomic mass is 9.78. The molecule has 2 heterocycles. The average Bonchev–Trinajstić information content (AvgIpc) is 3.24. The first-order valence-electron chi connectivity index (χ1n) is 11.0. The van der Waals surface area contributed by atoms with Gasteiger partial charge >= 0.3 is 5.91 Å². The van der Waals surface area contributed by atoms with Gasteiger partial charge in [0.25, 0.3) is 0 Å². The molecule has 5 heteroatoms. The summed E-state index contributed by atoms with van der Waals surface area (Å²) in [5, 5.41) is 0. The number of ketones is 1. The Morgan fingerprint density at radius 1 is 0.697 bits per heavy atom. The molecule has 4 aromatic rings. The van der Waals surface area contributed by atoms with Crippen LogP contribution in [0.5, 0.6) is 0 Å². The van der Waals surface area contributed by atoms with Gasteiger partial charge in [-0.15, -0.1) is 0 Å². The molecule has 0 radical (unpaired) electrons. The minimum Gasteiger partial charge on any atom is -0.298 e. The van der Waals surface area contributed by atoms with Crippen molar-refractivity contribution in [2.24, 2.45) is 0 Å². The second kappa shape index (κ2) is 9.09. The van der Waals surface area contributed by atoms with Crippen LogP contribution in [-0.4, -0.2) is 11.7 Å². The first-order valence-corrected chi connectivity index (χ1v) is 11.0. The molecule has 1 aliphatic heterocycles. The maximum atomic E-state index is 13.8. The van der Waals surface area contributed by atoms with Crippen molar-refractivity contribution in [1.82, 2.24) is 5.43 Å². The van der Waals surface area contributed by atoms with E-state index in [2.05, 4.69) is 10.9 Å². The highest BCUT2D eigenvalue weighted by atomic mass is 16.2. The molecule has 1 aromatic heterocycles. The summed E-state index contributed by atoms with van der Waals surface area (Å²) in [5.41, 5.74) is 9.08. The molecule has 0 fully saturated rings. The lowest BCUT2D eigenvalue weighted by Crippen LogP contribution is -2.49. The Bertz CT molecular complexity index is 1260. The molecule has 0 bridgehead atoms. The molecule has 5 nitrogen and oxygen atoms in total. The fourth-order valence-corrected chi connectivity index (χ4v) is 4.67. The van der Waals surface area contributed by atoms with Crippen LogP contribution in [0.2, 0.25) is 0 Å². The zero-order valence-corrected chi connectivity index (χ0v) is 18.0. The van der Waals surface area contributed by atoms with Gasteiger partial charge in [-0.25, -0.2) is 0 Å². The van der Waals surface area contributed by atoms with Gasteiger partial charge in [-0.3, -0.25) is 20.4 Å². The second-order valence-corrected chi connectivity index (χ2v) is 8.10. The predicted octanol–water partition coefficient (Wildman–Crippen LogP) is 4.42. The minimum atomic E-state index is -0.586. The van der Waals surface area contributed by atoms with Gasteiger partial charge in [0.1, 0.15) is 5.92 Å². The van der Waals surface area contributed by atoms with Gasteiger partial charge in [-0.1, -0.05) is 84.9 Å². The quantitative estimate of drug-likeness (QED) is 0.268. The molecular weight excluding hydrogens is 410 g/mol. The van der Waals surface area contributed by atoms with Gasteiger partial charge in [0.15, 0.2) is 17.7 Å². The minimum absolute atomic E-state index is 0.00993. The van der Waals surface area contributed by atoms with Crippen LogP contribution in [0, 0.1) is 0 Å². The Balaban J connectivity index is 1.56. The van der Waals surface area contributed by atoms with Crippen molar-refractivity contribution in [2.45, 2.75) is 17.9 Å². The van der Waals surface area contributed by atoms with Gasteiger partial charge in [0, 0.05) is 17.7 Å². The predicted molar refractivity (Wildman–Crippen MR) is 127 cm³/mol. The summed E-state index contributed by atoms with van der Waals surface area (Å²) in [6.45, 7) is 0. The number of para-hydroxylation sites is 1. The lowest BCUT2D eigenvalue weighted by Gasteiger charge is -2.20. The number of benzene rings is 3. The summed E-state index contributed by atoms with van der Waals surface area (Å²) >= 11 is 0. The summed E-state index contributed by atoms with van der Waals surface area (Å²) in [5.74, 6) is -1.02. The van der Waals surface area contributed by atoms with E-state index in [9.17, 15) is 9.59 Å². The summed E-state index contributed by atoms with van der Waals surface area (Å²) in [6.07, 6.45) is 1.89. The van der Waals surface area contributed by atoms with Crippen LogP contribution in [0.4, 0.5) is 5.69 Å². The van der Waals surface area contributed by atoms with E-state index in [4.69, 9.17) is 0 Å². The van der Waals surface area contributed by atoms with E-state index in [0.29, 0.717) is 5.56 Å². The topological polar surface area (TPSA) is 62.1 Å². The number of hydrogen-bond donors (Lipinski definition) is 2. The van der Waals surface area contributed by atoms with Gasteiger partial charge < -0.3 is 0 Å². The van der Waals surface area contributed by atoms with Crippen molar-refractivity contribution in [2.75, 3.05) is 5.43 Å². The molecule has 1 aliphatic rings. The number of carbonyl (C=O) groups excluding carboxylic acids is 2. The molecule has 3 unspecified atom stereocenters. The number of nitrogens with zero attached hydrogens (tertiary/aromatic N) is 1. The van der Waals surface area contributed by atoms with E-state index < -0.39 is 12.0 Å². The maximum absolute atomic E-state index is 13.8. The molecule has 0 saturated carbocycles. The second-order valence-electron chi connectivity index (χ2n) is 8.10. The van der Waals surface area contributed by atoms with E-state index in [0.717, 1.165) is 16.9 Å². The molecular formula is C28H24N3O2+. The number of rotatable bonds is 6. The van der Waals surface area contributed by atoms with Crippen LogP contribution in [0.25, 0.3) is 0 Å². The first kappa shape index (κ1) is 20.6. The van der Waals surface area contributed by atoms with Crippen molar-refractivity contribution < 1.29 is 14.2 Å². The Kier molecular flexibility index (Phi) is 5.68. The van der Waals surface area contributed by atoms with Crippen molar-refractivity contribution in [3.05, 3.63) is 132 Å². The third kappa shape index (κ3) is 4.01. The molecule has 2 N–H and O–H groups in total. The van der Waals surface area contributed by atoms with E-state index in [1.54, 1.807) is 0 Å². The van der Waals surface area contributed by atoms with Crippen LogP contribution in [0.15, 0.2) is 115 Å². The maximum Gasteiger partial charge on any atom is 0.308 e. The number of aromatic nitrogens is 1. The molecule has 5 rings (SSSR count). The van der Waals surface area contributed by atoms with Gasteiger partial charge in [0.2, 0.25) is 6.04 Å². The van der Waals surface area contributed by atoms with Crippen molar-refractivity contribution in [3.63, 3.8) is 0 Å². The fourth-order valence-electron chi connectivity index (χ4n) is 4.67. The number of pyridine rings is 1. The number of fused-ring (bicyclic) bond motifs is 1. The molecule has 0 aliphatic carbocycles. The SMILES string of the molecule is O=C(c1ccccc1)C1c2cccc[n+]2C(C(=O)NNc2ccccc2)C1c1ccccc1. The highest BCUT2D eigenvalue weighted by molar-refractivity contribution is 6.02. The first-order chi connectivity index (χ1) is 16.2. The van der Waals surface area contributed by atoms with Crippen molar-refractivity contribution >= 4 is 17.4 Å². The largest absolute Gasteiger partial charge is 0.308 e. The molecule has 3 aromatic carbocycles. The van der Waals surface area contributed by atoms with E-state index in [-0.39, 0.29) is 17.6 Å². The highest BCUT2D eigenvalue weighted by Crippen LogP contribution is 2.45. The van der Waals surface area contributed by atoms with Crippen molar-refractivity contribution in [1.29, 1.82) is 0 Å². The van der Waals surface area contributed by atoms with E-state index in [1.807, 2.05) is 120 Å². The number of hydrogen-bond acceptors (Lipinski definition) is 3. The molecule has 162 valence electrons. The smallest absolute Gasteiger partial charge is 0.298 e. The fraction of sp³-hybridized carbons (Fsp3) is 0.107. The number of anilines is 1. The third-order valence-electron chi connectivity index (χ3n) is 6.14. The van der Waals surface area contributed by atoms with Crippen LogP contribution in [-0.2, 0) is 4.79 Å². The molecule has 1 amide bonds. The van der Waals surface area contributed by atoms with Gasteiger partial charge in [0.05, 0.1) is 11.6 Å². The van der Waals surface area contributed by atoms with Crippen LogP contribution < -0.4 is 15.4 Å². The lowest BCUT2D eigenvalue weighted by molar-refractivity contribution is -0.704. The molecule has 0 saturated heterocycles. The Morgan fingerprint density at radius 2 is 1.30 bits per heavy atom. The zero-order valence-electron chi connectivity index (χ0n) is 18.0. The van der Waals surface area contributed by atoms with Gasteiger partial charge in [-0.2, -0.15) is 4.57 Å². The zero-order chi connectivity index (χ0) is 22.6. The summed E-state index contributed by atoms with van der Waals surface area (Å²) in [4.78, 5) is 27.3. The molecule has 3 atom stereocenters. The number of hydrazine groups is 1. The number of amides is 1. The van der Waals surface area contributed by atoms with E-state index >= 15 is 0 Å². The Labute approximate surface area is 192 Å². The summed E-state index contributed by atoms with van der Waals surface area (Å²) in [7, 11) is 0. The Morgan fingerprint density at radius 3 is 2.00 bits per heavy atom. The Hall–Kier alpha value is -4.25.